The highest BCUT2D eigenvalue weighted by Gasteiger charge is 2.20. The molecule has 0 aliphatic heterocycles. The van der Waals surface area contributed by atoms with E-state index in [1.165, 1.54) is 0 Å². The summed E-state index contributed by atoms with van der Waals surface area (Å²) in [6, 6.07) is 5.78. The molecule has 5 nitrogen and oxygen atoms in total. The molecule has 0 atom stereocenters. The van der Waals surface area contributed by atoms with Crippen LogP contribution in [0.25, 0.3) is 11.1 Å². The summed E-state index contributed by atoms with van der Waals surface area (Å²) in [6.07, 6.45) is 0. The number of aromatic nitrogens is 1. The maximum absolute atomic E-state index is 11.1. The molecule has 5 heteroatoms. The Balaban J connectivity index is 2.25. The van der Waals surface area contributed by atoms with Gasteiger partial charge in [0.25, 0.3) is 0 Å². The first-order valence-corrected chi connectivity index (χ1v) is 6.07. The molecule has 98 valence electrons. The van der Waals surface area contributed by atoms with Gasteiger partial charge in [-0.3, -0.25) is 4.98 Å². The van der Waals surface area contributed by atoms with Crippen LogP contribution >= 0.6 is 0 Å². The van der Waals surface area contributed by atoms with E-state index in [0.29, 0.717) is 12.1 Å². The number of benzene rings is 1. The molecular weight excluding hydrogens is 230 g/mol. The van der Waals surface area contributed by atoms with Crippen LogP contribution in [0.5, 0.6) is 0 Å². The normalized spacial score (nSPS) is 12.2. The number of oxazole rings is 1. The number of rotatable bonds is 5. The van der Waals surface area contributed by atoms with Crippen LogP contribution in [0.1, 0.15) is 19.4 Å². The topological polar surface area (TPSA) is 84.0 Å². The van der Waals surface area contributed by atoms with Crippen molar-refractivity contribution in [1.82, 2.24) is 10.3 Å². The molecule has 1 aromatic carbocycles. The number of hydrogen-bond acceptors (Lipinski definition) is 4. The third-order valence-electron chi connectivity index (χ3n) is 3.09. The Labute approximate surface area is 105 Å². The van der Waals surface area contributed by atoms with Crippen molar-refractivity contribution in [2.75, 3.05) is 19.6 Å². The Bertz CT molecular complexity index is 583. The van der Waals surface area contributed by atoms with Gasteiger partial charge in [0.1, 0.15) is 0 Å². The second-order valence-corrected chi connectivity index (χ2v) is 5.07. The SMILES string of the molecule is CC(C)(CNCCN)c1ccc2oc(=O)[nH]c2c1. The molecule has 18 heavy (non-hydrogen) atoms. The standard InChI is InChI=1S/C13H19N3O2/c1-13(2,8-15-6-5-14)9-3-4-11-10(7-9)16-12(17)18-11/h3-4,7,15H,5-6,8,14H2,1-2H3,(H,16,17). The van der Waals surface area contributed by atoms with E-state index in [1.807, 2.05) is 18.2 Å². The van der Waals surface area contributed by atoms with Crippen molar-refractivity contribution in [3.8, 4) is 0 Å². The van der Waals surface area contributed by atoms with Crippen LogP contribution in [0.2, 0.25) is 0 Å². The van der Waals surface area contributed by atoms with Crippen molar-refractivity contribution in [1.29, 1.82) is 0 Å². The zero-order valence-electron chi connectivity index (χ0n) is 10.7. The van der Waals surface area contributed by atoms with Gasteiger partial charge in [-0.25, -0.2) is 4.79 Å². The Morgan fingerprint density at radius 2 is 2.22 bits per heavy atom. The summed E-state index contributed by atoms with van der Waals surface area (Å²) < 4.78 is 4.99. The van der Waals surface area contributed by atoms with E-state index in [0.717, 1.165) is 24.2 Å². The summed E-state index contributed by atoms with van der Waals surface area (Å²) in [5, 5.41) is 3.31. The predicted molar refractivity (Wildman–Crippen MR) is 71.8 cm³/mol. The van der Waals surface area contributed by atoms with Gasteiger partial charge in [-0.05, 0) is 17.7 Å². The van der Waals surface area contributed by atoms with Gasteiger partial charge in [0.15, 0.2) is 5.58 Å². The van der Waals surface area contributed by atoms with Gasteiger partial charge in [-0.2, -0.15) is 0 Å². The van der Waals surface area contributed by atoms with Crippen LogP contribution < -0.4 is 16.8 Å². The lowest BCUT2D eigenvalue weighted by atomic mass is 9.84. The smallest absolute Gasteiger partial charge is 0.408 e. The highest BCUT2D eigenvalue weighted by Crippen LogP contribution is 2.25. The van der Waals surface area contributed by atoms with Crippen LogP contribution in [-0.2, 0) is 5.41 Å². The zero-order valence-corrected chi connectivity index (χ0v) is 10.7. The van der Waals surface area contributed by atoms with Crippen LogP contribution in [0.3, 0.4) is 0 Å². The number of aromatic amines is 1. The maximum Gasteiger partial charge on any atom is 0.417 e. The summed E-state index contributed by atoms with van der Waals surface area (Å²) in [7, 11) is 0. The first-order chi connectivity index (χ1) is 8.53. The number of H-pyrrole nitrogens is 1. The molecule has 0 fully saturated rings. The minimum atomic E-state index is -0.416. The van der Waals surface area contributed by atoms with Crippen molar-refractivity contribution >= 4 is 11.1 Å². The minimum Gasteiger partial charge on any atom is -0.408 e. The molecule has 0 saturated carbocycles. The molecule has 0 radical (unpaired) electrons. The second kappa shape index (κ2) is 4.96. The first-order valence-electron chi connectivity index (χ1n) is 6.07. The highest BCUT2D eigenvalue weighted by atomic mass is 16.4. The Hall–Kier alpha value is -1.59. The van der Waals surface area contributed by atoms with E-state index in [1.54, 1.807) is 0 Å². The summed E-state index contributed by atoms with van der Waals surface area (Å²) in [4.78, 5) is 13.8. The molecule has 2 aromatic rings. The molecule has 0 saturated heterocycles. The molecular formula is C13H19N3O2. The van der Waals surface area contributed by atoms with Crippen LogP contribution in [0, 0.1) is 0 Å². The highest BCUT2D eigenvalue weighted by molar-refractivity contribution is 5.73. The van der Waals surface area contributed by atoms with Crippen molar-refractivity contribution < 1.29 is 4.42 Å². The maximum atomic E-state index is 11.1. The van der Waals surface area contributed by atoms with E-state index in [4.69, 9.17) is 10.2 Å². The molecule has 0 aliphatic carbocycles. The van der Waals surface area contributed by atoms with Gasteiger partial charge in [-0.1, -0.05) is 19.9 Å². The molecule has 0 aliphatic rings. The summed E-state index contributed by atoms with van der Waals surface area (Å²) in [5.74, 6) is -0.416. The number of nitrogens with one attached hydrogen (secondary N) is 2. The number of fused-ring (bicyclic) bond motifs is 1. The van der Waals surface area contributed by atoms with Gasteiger partial charge in [0, 0.05) is 25.0 Å². The van der Waals surface area contributed by atoms with Crippen molar-refractivity contribution in [3.05, 3.63) is 34.3 Å². The predicted octanol–water partition coefficient (Wildman–Crippen LogP) is 0.947. The number of nitrogens with two attached hydrogens (primary N) is 1. The molecule has 0 amide bonds. The molecule has 4 N–H and O–H groups in total. The van der Waals surface area contributed by atoms with E-state index < -0.39 is 5.76 Å². The molecule has 2 rings (SSSR count). The summed E-state index contributed by atoms with van der Waals surface area (Å²) >= 11 is 0. The molecule has 0 unspecified atom stereocenters. The fraction of sp³-hybridized carbons (Fsp3) is 0.462. The number of hydrogen-bond donors (Lipinski definition) is 3. The van der Waals surface area contributed by atoms with Crippen LogP contribution in [0.15, 0.2) is 27.4 Å². The Morgan fingerprint density at radius 3 is 2.94 bits per heavy atom. The third-order valence-corrected chi connectivity index (χ3v) is 3.09. The largest absolute Gasteiger partial charge is 0.417 e. The van der Waals surface area contributed by atoms with Crippen LogP contribution in [0.4, 0.5) is 0 Å². The van der Waals surface area contributed by atoms with Gasteiger partial charge in [-0.15, -0.1) is 0 Å². The van der Waals surface area contributed by atoms with Crippen molar-refractivity contribution in [2.24, 2.45) is 5.73 Å². The first kappa shape index (κ1) is 12.9. The van der Waals surface area contributed by atoms with Gasteiger partial charge < -0.3 is 15.5 Å². The van der Waals surface area contributed by atoms with Gasteiger partial charge in [0.05, 0.1) is 5.52 Å². The molecule has 0 bridgehead atoms. The van der Waals surface area contributed by atoms with E-state index in [2.05, 4.69) is 24.1 Å². The van der Waals surface area contributed by atoms with Crippen LogP contribution in [-0.4, -0.2) is 24.6 Å². The molecule has 0 spiro atoms. The zero-order chi connectivity index (χ0) is 13.2. The fourth-order valence-corrected chi connectivity index (χ4v) is 1.98. The quantitative estimate of drug-likeness (QED) is 0.689. The monoisotopic (exact) mass is 249 g/mol. The molecule has 1 heterocycles. The Kier molecular flexibility index (Phi) is 3.54. The molecule has 1 aromatic heterocycles. The fourth-order valence-electron chi connectivity index (χ4n) is 1.98. The van der Waals surface area contributed by atoms with E-state index in [9.17, 15) is 4.79 Å². The van der Waals surface area contributed by atoms with E-state index in [-0.39, 0.29) is 5.41 Å². The summed E-state index contributed by atoms with van der Waals surface area (Å²) in [6.45, 7) is 6.56. The summed E-state index contributed by atoms with van der Waals surface area (Å²) in [5.41, 5.74) is 7.91. The lowest BCUT2D eigenvalue weighted by Crippen LogP contribution is -2.35. The van der Waals surface area contributed by atoms with E-state index >= 15 is 0 Å². The second-order valence-electron chi connectivity index (χ2n) is 5.07. The Morgan fingerprint density at radius 1 is 1.44 bits per heavy atom. The average Bonchev–Trinajstić information content (AvgIpc) is 2.68. The lowest BCUT2D eigenvalue weighted by molar-refractivity contribution is 0.473. The van der Waals surface area contributed by atoms with Gasteiger partial charge in [0.2, 0.25) is 0 Å². The van der Waals surface area contributed by atoms with Crippen molar-refractivity contribution in [3.63, 3.8) is 0 Å². The average molecular weight is 249 g/mol. The van der Waals surface area contributed by atoms with Gasteiger partial charge >= 0.3 is 5.76 Å². The third kappa shape index (κ3) is 2.63. The lowest BCUT2D eigenvalue weighted by Gasteiger charge is -2.25. The van der Waals surface area contributed by atoms with Crippen molar-refractivity contribution in [2.45, 2.75) is 19.3 Å². The minimum absolute atomic E-state index is 0.0302.